The summed E-state index contributed by atoms with van der Waals surface area (Å²) in [4.78, 5) is 45.8. The maximum atomic E-state index is 13.0. The number of nitrogens with zero attached hydrogens (tertiary/aromatic N) is 7. The number of methoxy groups -OCH3 is 1. The van der Waals surface area contributed by atoms with Gasteiger partial charge in [-0.2, -0.15) is 4.99 Å². The molecule has 41 heavy (non-hydrogen) atoms. The third kappa shape index (κ3) is 5.74. The first-order valence-electron chi connectivity index (χ1n) is 12.0. The molecule has 22 heteroatoms. The lowest BCUT2D eigenvalue weighted by Crippen LogP contribution is -2.53. The van der Waals surface area contributed by atoms with Crippen molar-refractivity contribution in [3.63, 3.8) is 0 Å². The van der Waals surface area contributed by atoms with Crippen molar-refractivity contribution in [2.75, 3.05) is 20.3 Å². The number of hydrogen-bond acceptors (Lipinski definition) is 15. The van der Waals surface area contributed by atoms with Gasteiger partial charge >= 0.3 is 13.5 Å². The van der Waals surface area contributed by atoms with Crippen LogP contribution in [-0.4, -0.2) is 104 Å². The van der Waals surface area contributed by atoms with E-state index in [9.17, 15) is 14.3 Å². The number of aliphatic imine (C=N–C) groups is 2. The van der Waals surface area contributed by atoms with Gasteiger partial charge in [0.25, 0.3) is 5.91 Å². The highest BCUT2D eigenvalue weighted by Gasteiger charge is 2.54. The van der Waals surface area contributed by atoms with Crippen LogP contribution in [0.15, 0.2) is 22.5 Å². The summed E-state index contributed by atoms with van der Waals surface area (Å²) in [6, 6.07) is -1.03. The number of aromatic nitrogens is 4. The molecule has 0 aromatic carbocycles. The second-order valence-electron chi connectivity index (χ2n) is 8.97. The number of fused-ring (bicyclic) bond motifs is 6. The summed E-state index contributed by atoms with van der Waals surface area (Å²) in [5.41, 5.74) is 0.897. The molecule has 1 fully saturated rings. The first-order chi connectivity index (χ1) is 19.5. The van der Waals surface area contributed by atoms with Crippen molar-refractivity contribution < 1.29 is 41.8 Å². The van der Waals surface area contributed by atoms with Crippen LogP contribution in [0.5, 0.6) is 0 Å². The van der Waals surface area contributed by atoms with Crippen molar-refractivity contribution in [1.29, 1.82) is 5.41 Å². The number of amidine groups is 1. The van der Waals surface area contributed by atoms with Gasteiger partial charge in [0.2, 0.25) is 5.96 Å². The van der Waals surface area contributed by atoms with E-state index in [1.165, 1.54) is 30.9 Å². The first kappa shape index (κ1) is 28.9. The Bertz CT molecular complexity index is 1560. The van der Waals surface area contributed by atoms with Crippen LogP contribution in [-0.2, 0) is 61.9 Å². The fourth-order valence-electron chi connectivity index (χ4n) is 4.74. The average molecular weight is 648 g/mol. The molecule has 1 saturated heterocycles. The Balaban J connectivity index is 1.35. The highest BCUT2D eigenvalue weighted by Crippen LogP contribution is 2.54. The van der Waals surface area contributed by atoms with Crippen LogP contribution < -0.4 is 5.32 Å². The number of thiol groups is 1. The molecule has 18 nitrogen and oxygen atoms in total. The van der Waals surface area contributed by atoms with Crippen LogP contribution in [0.4, 0.5) is 0 Å². The largest absolute Gasteiger partial charge is 0.386 e. The molecule has 220 valence electrons. The molecule has 4 aliphatic rings. The normalized spacial score (nSPS) is 36.3. The van der Waals surface area contributed by atoms with Crippen molar-refractivity contribution in [1.82, 2.24) is 29.7 Å². The van der Waals surface area contributed by atoms with Crippen molar-refractivity contribution in [3.8, 4) is 0 Å². The molecular weight excluding hydrogens is 624 g/mol. The SMILES string of the molecule is CO[C@H]1[C@H]2OP(O)(=S)OCc3nc4cncnc4n3CCOP(=O)(S)OC[C@H]1O[C@@H]2N1C=NC2C(=O)NC(=N)N=C21. The van der Waals surface area contributed by atoms with E-state index in [1.807, 2.05) is 0 Å². The number of carbonyl (C=O) groups is 1. The topological polar surface area (TPSA) is 217 Å². The van der Waals surface area contributed by atoms with Gasteiger partial charge < -0.3 is 23.5 Å². The summed E-state index contributed by atoms with van der Waals surface area (Å²) >= 11 is 9.44. The highest BCUT2D eigenvalue weighted by atomic mass is 32.7. The molecule has 7 atom stereocenters. The summed E-state index contributed by atoms with van der Waals surface area (Å²) < 4.78 is 49.1. The zero-order valence-corrected chi connectivity index (χ0v) is 24.5. The number of carbonyl (C=O) groups excluding carboxylic acids is 1. The molecule has 2 aromatic heterocycles. The molecule has 1 amide bonds. The predicted octanol–water partition coefficient (Wildman–Crippen LogP) is -0.0549. The molecule has 0 radical (unpaired) electrons. The van der Waals surface area contributed by atoms with Gasteiger partial charge in [-0.3, -0.25) is 39.0 Å². The monoisotopic (exact) mass is 647 g/mol. The molecule has 6 rings (SSSR count). The number of guanidine groups is 1. The van der Waals surface area contributed by atoms with Gasteiger partial charge in [0.05, 0.1) is 25.7 Å². The highest BCUT2D eigenvalue weighted by molar-refractivity contribution is 8.44. The number of imidazole rings is 1. The van der Waals surface area contributed by atoms with Crippen LogP contribution in [0.3, 0.4) is 0 Å². The maximum absolute atomic E-state index is 13.0. The molecule has 6 heterocycles. The lowest BCUT2D eigenvalue weighted by atomic mass is 10.1. The lowest BCUT2D eigenvalue weighted by Gasteiger charge is -2.32. The minimum atomic E-state index is -4.02. The summed E-state index contributed by atoms with van der Waals surface area (Å²) in [7, 11) is 1.37. The summed E-state index contributed by atoms with van der Waals surface area (Å²) in [6.45, 7) is -8.49. The zero-order chi connectivity index (χ0) is 28.9. The van der Waals surface area contributed by atoms with Crippen molar-refractivity contribution in [2.45, 2.75) is 43.7 Å². The number of ether oxygens (including phenoxy) is 2. The van der Waals surface area contributed by atoms with E-state index in [4.69, 9.17) is 44.8 Å². The average Bonchev–Trinajstić information content (AvgIpc) is 3.59. The van der Waals surface area contributed by atoms with Gasteiger partial charge in [-0.25, -0.2) is 19.5 Å². The minimum Gasteiger partial charge on any atom is -0.376 e. The van der Waals surface area contributed by atoms with Crippen LogP contribution in [0.2, 0.25) is 0 Å². The molecule has 0 spiro atoms. The lowest BCUT2D eigenvalue weighted by molar-refractivity contribution is -0.119. The second-order valence-corrected chi connectivity index (χ2v) is 14.7. The Morgan fingerprint density at radius 2 is 2.17 bits per heavy atom. The van der Waals surface area contributed by atoms with Crippen LogP contribution in [0, 0.1) is 5.41 Å². The predicted molar refractivity (Wildman–Crippen MR) is 147 cm³/mol. The summed E-state index contributed by atoms with van der Waals surface area (Å²) in [5.74, 6) is -0.533. The Morgan fingerprint density at radius 3 is 2.98 bits per heavy atom. The van der Waals surface area contributed by atoms with Crippen molar-refractivity contribution >= 4 is 72.8 Å². The Kier molecular flexibility index (Phi) is 7.84. The van der Waals surface area contributed by atoms with E-state index in [1.54, 1.807) is 4.57 Å². The molecule has 4 aliphatic heterocycles. The molecule has 0 aliphatic carbocycles. The maximum Gasteiger partial charge on any atom is 0.386 e. The van der Waals surface area contributed by atoms with E-state index >= 15 is 0 Å². The quantitative estimate of drug-likeness (QED) is 0.248. The fourth-order valence-corrected chi connectivity index (χ4v) is 7.24. The number of amides is 1. The van der Waals surface area contributed by atoms with Gasteiger partial charge in [-0.15, -0.1) is 0 Å². The second kappa shape index (κ2) is 11.1. The third-order valence-corrected chi connectivity index (χ3v) is 9.69. The summed E-state index contributed by atoms with van der Waals surface area (Å²) in [6.07, 6.45) is -0.0494. The fraction of sp³-hybridized carbons (Fsp3) is 0.526. The van der Waals surface area contributed by atoms with E-state index in [2.05, 4.69) is 42.5 Å². The molecule has 2 aromatic rings. The van der Waals surface area contributed by atoms with Crippen molar-refractivity contribution in [2.24, 2.45) is 9.98 Å². The van der Waals surface area contributed by atoms with Crippen LogP contribution in [0.25, 0.3) is 11.2 Å². The first-order valence-corrected chi connectivity index (χ1v) is 17.2. The molecule has 3 unspecified atom stereocenters. The van der Waals surface area contributed by atoms with Gasteiger partial charge in [0.15, 0.2) is 23.8 Å². The Hall–Kier alpha value is -2.22. The zero-order valence-electron chi connectivity index (χ0n) is 21.0. The molecular formula is C19H23N9O9P2S2. The number of nitrogens with one attached hydrogen (secondary N) is 2. The molecule has 3 N–H and O–H groups in total. The number of rotatable bonds is 2. The van der Waals surface area contributed by atoms with Gasteiger partial charge in [0, 0.05) is 13.7 Å². The van der Waals surface area contributed by atoms with Gasteiger partial charge in [-0.1, -0.05) is 12.2 Å². The number of hydrogen-bond donors (Lipinski definition) is 4. The Labute approximate surface area is 241 Å². The van der Waals surface area contributed by atoms with E-state index < -0.39 is 50.0 Å². The molecule has 0 saturated carbocycles. The Morgan fingerprint density at radius 1 is 1.34 bits per heavy atom. The van der Waals surface area contributed by atoms with Crippen LogP contribution >= 0.6 is 25.8 Å². The molecule has 2 bridgehead atoms. The van der Waals surface area contributed by atoms with E-state index in [0.29, 0.717) is 17.0 Å². The van der Waals surface area contributed by atoms with E-state index in [-0.39, 0.29) is 38.2 Å². The van der Waals surface area contributed by atoms with E-state index in [0.717, 1.165) is 0 Å². The minimum absolute atomic E-state index is 0.0911. The van der Waals surface area contributed by atoms with Crippen LogP contribution in [0.1, 0.15) is 5.82 Å². The summed E-state index contributed by atoms with van der Waals surface area (Å²) in [5, 5.41) is 10.1. The standard InChI is InChI=1S/C19H23N9O9P2S2/c1-32-13-10-5-34-38(30,40)33-3-2-27-11(24-9-4-21-7-22-15(9)27)6-35-39(31,41)37-14(13)18(36-10)28-8-23-12-16(28)25-19(20)26-17(12)29/h4,7-8,10,12-14,18H,2-3,5-6H2,1H3,(H,30,40)(H,31,41)(H2,20,26,29)/t10-,12?,13-,14-,18+,38?,39?/m1/s1. The third-order valence-electron chi connectivity index (χ3n) is 6.47. The van der Waals surface area contributed by atoms with Gasteiger partial charge in [0.1, 0.15) is 42.6 Å². The smallest absolute Gasteiger partial charge is 0.376 e. The van der Waals surface area contributed by atoms with Gasteiger partial charge in [-0.05, 0) is 11.8 Å². The van der Waals surface area contributed by atoms with Crippen molar-refractivity contribution in [3.05, 3.63) is 18.3 Å².